The number of ether oxygens (including phenoxy) is 1. The highest BCUT2D eigenvalue weighted by atomic mass is 32.2. The van der Waals surface area contributed by atoms with Crippen LogP contribution < -0.4 is 5.43 Å². The molecule has 34 heavy (non-hydrogen) atoms. The first-order valence-electron chi connectivity index (χ1n) is 10.7. The Morgan fingerprint density at radius 1 is 1.09 bits per heavy atom. The maximum absolute atomic E-state index is 13.4. The summed E-state index contributed by atoms with van der Waals surface area (Å²) in [5.41, 5.74) is 1.02. The summed E-state index contributed by atoms with van der Waals surface area (Å²) in [5.74, 6) is -1.10. The summed E-state index contributed by atoms with van der Waals surface area (Å²) >= 11 is 0. The summed E-state index contributed by atoms with van der Waals surface area (Å²) < 4.78 is 50.0. The van der Waals surface area contributed by atoms with Gasteiger partial charge >= 0.3 is 0 Å². The third kappa shape index (κ3) is 6.28. The van der Waals surface area contributed by atoms with Crippen LogP contribution in [0.25, 0.3) is 11.0 Å². The molecule has 2 aromatic carbocycles. The van der Waals surface area contributed by atoms with Crippen molar-refractivity contribution in [3.8, 4) is 0 Å². The minimum Gasteiger partial charge on any atom is -0.464 e. The van der Waals surface area contributed by atoms with Gasteiger partial charge in [-0.1, -0.05) is 24.3 Å². The number of para-hydroxylation sites is 1. The first-order valence-corrected chi connectivity index (χ1v) is 12.3. The summed E-state index contributed by atoms with van der Waals surface area (Å²) in [7, 11) is -2.23. The summed E-state index contributed by atoms with van der Waals surface area (Å²) in [6.45, 7) is 1.17. The van der Waals surface area contributed by atoms with Gasteiger partial charge in [0.25, 0.3) is 0 Å². The fourth-order valence-electron chi connectivity index (χ4n) is 3.42. The van der Waals surface area contributed by atoms with Crippen LogP contribution in [-0.2, 0) is 32.6 Å². The maximum Gasteiger partial charge on any atom is 0.238 e. The average molecular weight is 491 g/mol. The molecule has 10 heteroatoms. The lowest BCUT2D eigenvalue weighted by Crippen LogP contribution is -2.44. The van der Waals surface area contributed by atoms with Gasteiger partial charge in [-0.2, -0.15) is 4.31 Å². The van der Waals surface area contributed by atoms with Crippen molar-refractivity contribution in [3.05, 3.63) is 82.0 Å². The normalized spacial score (nSPS) is 11.8. The number of benzene rings is 2. The topological polar surface area (TPSA) is 97.1 Å². The molecule has 8 nitrogen and oxygen atoms in total. The van der Waals surface area contributed by atoms with Crippen molar-refractivity contribution in [2.24, 2.45) is 0 Å². The van der Waals surface area contributed by atoms with E-state index in [1.165, 1.54) is 49.5 Å². The highest BCUT2D eigenvalue weighted by Crippen LogP contribution is 2.15. The Morgan fingerprint density at radius 3 is 2.47 bits per heavy atom. The Balaban J connectivity index is 1.92. The zero-order valence-corrected chi connectivity index (χ0v) is 19.9. The van der Waals surface area contributed by atoms with E-state index in [-0.39, 0.29) is 43.0 Å². The molecule has 1 heterocycles. The molecule has 0 aliphatic rings. The minimum atomic E-state index is -3.67. The summed E-state index contributed by atoms with van der Waals surface area (Å²) in [6.07, 6.45) is 1.31. The molecule has 0 N–H and O–H groups in total. The number of halogens is 1. The Bertz CT molecular complexity index is 1290. The lowest BCUT2D eigenvalue weighted by Gasteiger charge is -2.27. The summed E-state index contributed by atoms with van der Waals surface area (Å²) in [6, 6.07) is 12.4. The quantitative estimate of drug-likeness (QED) is 0.410. The van der Waals surface area contributed by atoms with Crippen molar-refractivity contribution in [2.75, 3.05) is 32.6 Å². The molecule has 0 atom stereocenters. The molecule has 0 spiro atoms. The molecule has 0 saturated heterocycles. The van der Waals surface area contributed by atoms with Crippen LogP contribution in [-0.4, -0.2) is 56.1 Å². The van der Waals surface area contributed by atoms with Crippen molar-refractivity contribution in [2.45, 2.75) is 20.0 Å². The zero-order chi connectivity index (χ0) is 24.7. The van der Waals surface area contributed by atoms with Gasteiger partial charge in [0, 0.05) is 20.2 Å². The number of hydrogen-bond acceptors (Lipinski definition) is 6. The van der Waals surface area contributed by atoms with Crippen LogP contribution in [0.5, 0.6) is 0 Å². The summed E-state index contributed by atoms with van der Waals surface area (Å²) in [5, 5.41) is 0.379. The van der Waals surface area contributed by atoms with E-state index < -0.39 is 28.3 Å². The number of amides is 1. The van der Waals surface area contributed by atoms with Crippen LogP contribution in [0.1, 0.15) is 18.1 Å². The predicted octanol–water partition coefficient (Wildman–Crippen LogP) is 2.76. The molecule has 1 amide bonds. The van der Waals surface area contributed by atoms with Crippen LogP contribution in [0, 0.1) is 5.82 Å². The molecule has 182 valence electrons. The van der Waals surface area contributed by atoms with E-state index in [9.17, 15) is 22.4 Å². The van der Waals surface area contributed by atoms with Crippen LogP contribution in [0.3, 0.4) is 0 Å². The van der Waals surface area contributed by atoms with Crippen molar-refractivity contribution in [3.63, 3.8) is 0 Å². The van der Waals surface area contributed by atoms with Crippen LogP contribution >= 0.6 is 0 Å². The van der Waals surface area contributed by atoms with E-state index in [4.69, 9.17) is 9.15 Å². The number of fused-ring (bicyclic) bond motifs is 1. The fraction of sp³-hybridized carbons (Fsp3) is 0.333. The first kappa shape index (κ1) is 25.5. The second-order valence-electron chi connectivity index (χ2n) is 7.69. The molecular weight excluding hydrogens is 463 g/mol. The third-order valence-corrected chi connectivity index (χ3v) is 7.19. The number of sulfonamides is 1. The molecule has 0 fully saturated rings. The zero-order valence-electron chi connectivity index (χ0n) is 19.1. The molecule has 1 aromatic heterocycles. The van der Waals surface area contributed by atoms with E-state index in [1.807, 2.05) is 0 Å². The molecule has 3 aromatic rings. The van der Waals surface area contributed by atoms with Gasteiger partial charge in [0.2, 0.25) is 15.9 Å². The molecule has 0 unspecified atom stereocenters. The standard InChI is InChI=1S/C24H27FN2O6S/c1-3-34(30,31)27(12-13-32-2)16-23(28)26(14-18-8-10-20(25)11-9-18)15-19-17-33-22-7-5-4-6-21(22)24(19)29/h4-11,17H,3,12-16H2,1-2H3. The molecule has 0 saturated carbocycles. The van der Waals surface area contributed by atoms with Gasteiger partial charge in [-0.3, -0.25) is 9.59 Å². The highest BCUT2D eigenvalue weighted by molar-refractivity contribution is 7.89. The Labute approximate surface area is 197 Å². The molecule has 0 bridgehead atoms. The number of carbonyl (C=O) groups is 1. The van der Waals surface area contributed by atoms with Gasteiger partial charge in [-0.25, -0.2) is 12.8 Å². The van der Waals surface area contributed by atoms with E-state index in [0.717, 1.165) is 4.31 Å². The number of methoxy groups -OCH3 is 1. The Morgan fingerprint density at radius 2 is 1.79 bits per heavy atom. The van der Waals surface area contributed by atoms with E-state index in [1.54, 1.807) is 24.3 Å². The van der Waals surface area contributed by atoms with E-state index in [2.05, 4.69) is 0 Å². The lowest BCUT2D eigenvalue weighted by molar-refractivity contribution is -0.132. The monoisotopic (exact) mass is 490 g/mol. The Kier molecular flexibility index (Phi) is 8.54. The van der Waals surface area contributed by atoms with Crippen LogP contribution in [0.15, 0.2) is 64.0 Å². The second kappa shape index (κ2) is 11.4. The van der Waals surface area contributed by atoms with Gasteiger partial charge in [-0.15, -0.1) is 0 Å². The van der Waals surface area contributed by atoms with Crippen molar-refractivity contribution < 1.29 is 26.8 Å². The van der Waals surface area contributed by atoms with Gasteiger partial charge in [0.1, 0.15) is 11.4 Å². The predicted molar refractivity (Wildman–Crippen MR) is 126 cm³/mol. The first-order chi connectivity index (χ1) is 16.2. The van der Waals surface area contributed by atoms with Crippen LogP contribution in [0.4, 0.5) is 4.39 Å². The van der Waals surface area contributed by atoms with Gasteiger partial charge in [0.15, 0.2) is 5.43 Å². The van der Waals surface area contributed by atoms with E-state index in [0.29, 0.717) is 16.5 Å². The van der Waals surface area contributed by atoms with Crippen molar-refractivity contribution in [1.29, 1.82) is 0 Å². The number of rotatable bonds is 11. The molecule has 0 aliphatic carbocycles. The van der Waals surface area contributed by atoms with Crippen molar-refractivity contribution in [1.82, 2.24) is 9.21 Å². The minimum absolute atomic E-state index is 0.0148. The average Bonchev–Trinajstić information content (AvgIpc) is 2.84. The number of carbonyl (C=O) groups excluding carboxylic acids is 1. The molecule has 0 radical (unpaired) electrons. The van der Waals surface area contributed by atoms with Gasteiger partial charge in [-0.05, 0) is 36.8 Å². The highest BCUT2D eigenvalue weighted by Gasteiger charge is 2.26. The molecule has 0 aliphatic heterocycles. The SMILES string of the molecule is CCS(=O)(=O)N(CCOC)CC(=O)N(Cc1ccc(F)cc1)Cc1coc2ccccc2c1=O. The number of nitrogens with zero attached hydrogens (tertiary/aromatic N) is 2. The summed E-state index contributed by atoms with van der Waals surface area (Å²) in [4.78, 5) is 27.6. The largest absolute Gasteiger partial charge is 0.464 e. The smallest absolute Gasteiger partial charge is 0.238 e. The third-order valence-electron chi connectivity index (χ3n) is 5.37. The van der Waals surface area contributed by atoms with Crippen molar-refractivity contribution >= 4 is 26.9 Å². The van der Waals surface area contributed by atoms with Gasteiger partial charge < -0.3 is 14.1 Å². The fourth-order valence-corrected chi connectivity index (χ4v) is 4.44. The molecule has 3 rings (SSSR count). The second-order valence-corrected chi connectivity index (χ2v) is 9.95. The maximum atomic E-state index is 13.4. The number of hydrogen-bond donors (Lipinski definition) is 0. The Hall–Kier alpha value is -3.08. The van der Waals surface area contributed by atoms with Gasteiger partial charge in [0.05, 0.1) is 42.7 Å². The van der Waals surface area contributed by atoms with Crippen LogP contribution in [0.2, 0.25) is 0 Å². The molecular formula is C24H27FN2O6S. The lowest BCUT2D eigenvalue weighted by atomic mass is 10.1. The van der Waals surface area contributed by atoms with E-state index >= 15 is 0 Å².